The van der Waals surface area contributed by atoms with E-state index in [0.717, 1.165) is 47.4 Å². The van der Waals surface area contributed by atoms with Gasteiger partial charge in [-0.1, -0.05) is 35.6 Å². The summed E-state index contributed by atoms with van der Waals surface area (Å²) in [6.45, 7) is 3.11. The summed E-state index contributed by atoms with van der Waals surface area (Å²) >= 11 is 1.50. The van der Waals surface area contributed by atoms with Gasteiger partial charge in [-0.05, 0) is 42.2 Å². The van der Waals surface area contributed by atoms with Crippen molar-refractivity contribution in [2.45, 2.75) is 18.9 Å². The third kappa shape index (κ3) is 3.37. The molecule has 2 aliphatic rings. The molecule has 0 radical (unpaired) electrons. The highest BCUT2D eigenvalue weighted by molar-refractivity contribution is 7.22. The highest BCUT2D eigenvalue weighted by Crippen LogP contribution is 2.32. The number of para-hydroxylation sites is 1. The molecule has 2 aliphatic heterocycles. The Morgan fingerprint density at radius 1 is 1.29 bits per heavy atom. The van der Waals surface area contributed by atoms with Gasteiger partial charge in [0.25, 0.3) is 0 Å². The molecule has 6 nitrogen and oxygen atoms in total. The molecule has 1 saturated heterocycles. The highest BCUT2D eigenvalue weighted by atomic mass is 32.1. The number of morpholine rings is 1. The number of aryl methyl sites for hydroxylation is 1. The number of amides is 2. The van der Waals surface area contributed by atoms with Gasteiger partial charge in [-0.3, -0.25) is 10.2 Å². The number of ether oxygens (including phenoxy) is 1. The number of anilines is 2. The first-order chi connectivity index (χ1) is 13.8. The first kappa shape index (κ1) is 17.6. The molecule has 7 heteroatoms. The zero-order chi connectivity index (χ0) is 18.9. The van der Waals surface area contributed by atoms with E-state index >= 15 is 0 Å². The van der Waals surface area contributed by atoms with E-state index < -0.39 is 0 Å². The normalized spacial score (nSPS) is 19.4. The van der Waals surface area contributed by atoms with Crippen LogP contribution < -0.4 is 15.5 Å². The minimum atomic E-state index is -0.125. The number of urea groups is 1. The molecule has 1 unspecified atom stereocenters. The van der Waals surface area contributed by atoms with Crippen LogP contribution in [0.25, 0.3) is 10.2 Å². The molecule has 2 amide bonds. The van der Waals surface area contributed by atoms with Crippen LogP contribution in [0.1, 0.15) is 23.7 Å². The number of rotatable bonds is 2. The summed E-state index contributed by atoms with van der Waals surface area (Å²) in [5.74, 6) is 0. The number of carbonyl (C=O) groups is 1. The van der Waals surface area contributed by atoms with Gasteiger partial charge in [0.05, 0.1) is 22.9 Å². The molecule has 144 valence electrons. The highest BCUT2D eigenvalue weighted by Gasteiger charge is 2.25. The summed E-state index contributed by atoms with van der Waals surface area (Å²) in [6.07, 6.45) is 1.99. The van der Waals surface area contributed by atoms with E-state index in [1.807, 2.05) is 29.2 Å². The van der Waals surface area contributed by atoms with Crippen LogP contribution in [0, 0.1) is 0 Å². The maximum Gasteiger partial charge on any atom is 0.328 e. The third-order valence-electron chi connectivity index (χ3n) is 5.28. The number of aromatic nitrogens is 1. The number of benzene rings is 2. The summed E-state index contributed by atoms with van der Waals surface area (Å²) in [7, 11) is 0. The van der Waals surface area contributed by atoms with Crippen molar-refractivity contribution >= 4 is 38.4 Å². The van der Waals surface area contributed by atoms with E-state index in [2.05, 4.69) is 33.8 Å². The van der Waals surface area contributed by atoms with Crippen LogP contribution >= 0.6 is 11.3 Å². The Labute approximate surface area is 167 Å². The van der Waals surface area contributed by atoms with Gasteiger partial charge in [0, 0.05) is 25.3 Å². The van der Waals surface area contributed by atoms with Crippen molar-refractivity contribution in [2.24, 2.45) is 0 Å². The molecule has 28 heavy (non-hydrogen) atoms. The first-order valence-corrected chi connectivity index (χ1v) is 10.5. The van der Waals surface area contributed by atoms with Gasteiger partial charge in [-0.2, -0.15) is 0 Å². The molecular formula is C21H22N4O2S. The second-order valence-corrected chi connectivity index (χ2v) is 8.15. The lowest BCUT2D eigenvalue weighted by atomic mass is 9.97. The smallest absolute Gasteiger partial charge is 0.328 e. The number of thiazole rings is 1. The van der Waals surface area contributed by atoms with Gasteiger partial charge < -0.3 is 10.1 Å². The maximum atomic E-state index is 13.0. The molecule has 0 spiro atoms. The van der Waals surface area contributed by atoms with Crippen LogP contribution in [0.2, 0.25) is 0 Å². The number of nitrogens with one attached hydrogen (secondary N) is 2. The Morgan fingerprint density at radius 2 is 2.21 bits per heavy atom. The fourth-order valence-electron chi connectivity index (χ4n) is 3.87. The van der Waals surface area contributed by atoms with Crippen LogP contribution in [0.3, 0.4) is 0 Å². The molecular weight excluding hydrogens is 372 g/mol. The van der Waals surface area contributed by atoms with Crippen LogP contribution in [0.4, 0.5) is 15.6 Å². The molecule has 1 fully saturated rings. The van der Waals surface area contributed by atoms with Gasteiger partial charge in [0.1, 0.15) is 0 Å². The minimum Gasteiger partial charge on any atom is -0.371 e. The summed E-state index contributed by atoms with van der Waals surface area (Å²) in [4.78, 5) is 19.4. The second kappa shape index (κ2) is 7.50. The largest absolute Gasteiger partial charge is 0.371 e. The van der Waals surface area contributed by atoms with Crippen LogP contribution in [0.15, 0.2) is 42.5 Å². The van der Waals surface area contributed by atoms with Crippen molar-refractivity contribution in [3.63, 3.8) is 0 Å². The molecule has 3 aromatic rings. The Hall–Kier alpha value is -2.48. The third-order valence-corrected chi connectivity index (χ3v) is 6.23. The van der Waals surface area contributed by atoms with Gasteiger partial charge in [-0.25, -0.2) is 9.78 Å². The molecule has 0 saturated carbocycles. The van der Waals surface area contributed by atoms with Crippen LogP contribution in [0.5, 0.6) is 0 Å². The van der Waals surface area contributed by atoms with E-state index in [9.17, 15) is 4.79 Å². The van der Waals surface area contributed by atoms with Crippen LogP contribution in [-0.4, -0.2) is 37.3 Å². The van der Waals surface area contributed by atoms with Gasteiger partial charge in [0.15, 0.2) is 5.13 Å². The molecule has 0 aliphatic carbocycles. The lowest BCUT2D eigenvalue weighted by Gasteiger charge is -2.31. The fraction of sp³-hybridized carbons (Fsp3) is 0.333. The summed E-state index contributed by atoms with van der Waals surface area (Å²) in [5, 5.41) is 6.99. The number of hydrogen-bond acceptors (Lipinski definition) is 5. The average molecular weight is 395 g/mol. The topological polar surface area (TPSA) is 66.5 Å². The molecule has 1 atom stereocenters. The molecule has 3 heterocycles. The standard InChI is InChI=1S/C21H22N4O2S/c26-21(24-20-23-16-5-1-2-6-19(16)28-20)25-10-3-4-14-7-8-15(12-17(14)25)18-13-22-9-11-27-18/h1-2,5-8,12,18,22H,3-4,9-11,13H2,(H,23,24,26). The minimum absolute atomic E-state index is 0.0372. The van der Waals surface area contributed by atoms with E-state index in [4.69, 9.17) is 4.74 Å². The maximum absolute atomic E-state index is 13.0. The van der Waals surface area contributed by atoms with Crippen LogP contribution in [-0.2, 0) is 11.2 Å². The SMILES string of the molecule is O=C(Nc1nc2ccccc2s1)N1CCCc2ccc(C3CNCCO3)cc21. The summed E-state index contributed by atoms with van der Waals surface area (Å²) in [5.41, 5.74) is 4.21. The Kier molecular flexibility index (Phi) is 4.72. The Balaban J connectivity index is 1.40. The quantitative estimate of drug-likeness (QED) is 0.691. The van der Waals surface area contributed by atoms with E-state index in [-0.39, 0.29) is 12.1 Å². The van der Waals surface area contributed by atoms with E-state index in [1.165, 1.54) is 16.9 Å². The second-order valence-electron chi connectivity index (χ2n) is 7.12. The van der Waals surface area contributed by atoms with Gasteiger partial charge in [0.2, 0.25) is 0 Å². The first-order valence-electron chi connectivity index (χ1n) is 9.67. The molecule has 0 bridgehead atoms. The number of nitrogens with zero attached hydrogens (tertiary/aromatic N) is 2. The predicted octanol–water partition coefficient (Wildman–Crippen LogP) is 3.94. The Bertz CT molecular complexity index is 980. The lowest BCUT2D eigenvalue weighted by Crippen LogP contribution is -2.39. The average Bonchev–Trinajstić information content (AvgIpc) is 3.15. The van der Waals surface area contributed by atoms with E-state index in [0.29, 0.717) is 18.3 Å². The van der Waals surface area contributed by atoms with E-state index in [1.54, 1.807) is 0 Å². The molecule has 5 rings (SSSR count). The van der Waals surface area contributed by atoms with Crippen molar-refractivity contribution in [3.8, 4) is 0 Å². The number of carbonyl (C=O) groups excluding carboxylic acids is 1. The Morgan fingerprint density at radius 3 is 3.07 bits per heavy atom. The molecule has 2 N–H and O–H groups in total. The lowest BCUT2D eigenvalue weighted by molar-refractivity contribution is 0.0277. The molecule has 1 aromatic heterocycles. The van der Waals surface area contributed by atoms with Gasteiger partial charge in [-0.15, -0.1) is 0 Å². The van der Waals surface area contributed by atoms with Crippen molar-refractivity contribution in [3.05, 3.63) is 53.6 Å². The zero-order valence-electron chi connectivity index (χ0n) is 15.5. The van der Waals surface area contributed by atoms with Crippen molar-refractivity contribution < 1.29 is 9.53 Å². The van der Waals surface area contributed by atoms with Crippen molar-refractivity contribution in [1.29, 1.82) is 0 Å². The predicted molar refractivity (Wildman–Crippen MR) is 112 cm³/mol. The van der Waals surface area contributed by atoms with Crippen molar-refractivity contribution in [2.75, 3.05) is 36.5 Å². The summed E-state index contributed by atoms with van der Waals surface area (Å²) < 4.78 is 6.96. The molecule has 2 aromatic carbocycles. The zero-order valence-corrected chi connectivity index (χ0v) is 16.3. The van der Waals surface area contributed by atoms with Crippen molar-refractivity contribution in [1.82, 2.24) is 10.3 Å². The number of hydrogen-bond donors (Lipinski definition) is 2. The monoisotopic (exact) mass is 394 g/mol. The fourth-order valence-corrected chi connectivity index (χ4v) is 4.72. The number of fused-ring (bicyclic) bond motifs is 2. The van der Waals surface area contributed by atoms with Gasteiger partial charge >= 0.3 is 6.03 Å². The summed E-state index contributed by atoms with van der Waals surface area (Å²) in [6, 6.07) is 14.2.